The number of ether oxygens (including phenoxy) is 4. The molecule has 0 radical (unpaired) electrons. The molecule has 8 nitrogen and oxygen atoms in total. The molecule has 2 aromatic carbocycles. The van der Waals surface area contributed by atoms with E-state index in [2.05, 4.69) is 24.1 Å². The van der Waals surface area contributed by atoms with E-state index in [0.717, 1.165) is 29.6 Å². The van der Waals surface area contributed by atoms with Crippen LogP contribution >= 0.6 is 0 Å². The third-order valence-corrected chi connectivity index (χ3v) is 6.47. The molecule has 3 aromatic rings. The first-order chi connectivity index (χ1) is 16.9. The predicted octanol–water partition coefficient (Wildman–Crippen LogP) is 3.77. The summed E-state index contributed by atoms with van der Waals surface area (Å²) in [4.78, 5) is 20.6. The predicted molar refractivity (Wildman–Crippen MR) is 136 cm³/mol. The lowest BCUT2D eigenvalue weighted by Crippen LogP contribution is -2.55. The van der Waals surface area contributed by atoms with Crippen LogP contribution in [0.1, 0.15) is 24.2 Å². The first-order valence-corrected chi connectivity index (χ1v) is 11.7. The average Bonchev–Trinajstić information content (AvgIpc) is 2.90. The van der Waals surface area contributed by atoms with Gasteiger partial charge in [-0.3, -0.25) is 9.69 Å². The molecule has 1 aliphatic rings. The minimum absolute atomic E-state index is 0.140. The molecule has 0 bridgehead atoms. The van der Waals surface area contributed by atoms with Gasteiger partial charge in [-0.2, -0.15) is 0 Å². The number of hydrogen-bond donors (Lipinski definition) is 1. The number of morpholine rings is 1. The van der Waals surface area contributed by atoms with Crippen LogP contribution in [0.25, 0.3) is 22.2 Å². The van der Waals surface area contributed by atoms with Crippen LogP contribution in [0.15, 0.2) is 42.5 Å². The molecular formula is C27H33N3O5. The monoisotopic (exact) mass is 479 g/mol. The minimum atomic E-state index is -0.193. The molecule has 0 aliphatic carbocycles. The van der Waals surface area contributed by atoms with Crippen LogP contribution in [0.3, 0.4) is 0 Å². The normalized spacial score (nSPS) is 14.5. The lowest BCUT2D eigenvalue weighted by Gasteiger charge is -2.40. The summed E-state index contributed by atoms with van der Waals surface area (Å²) in [5.41, 5.74) is 2.50. The Labute approximate surface area is 206 Å². The molecule has 1 aliphatic heterocycles. The smallest absolute Gasteiger partial charge is 0.252 e. The minimum Gasteiger partial charge on any atom is -0.493 e. The molecule has 1 aromatic heterocycles. The topological polar surface area (TPSA) is 82.2 Å². The standard InChI is InChI=1S/C27H33N3O5/c1-27(2,30-10-12-35-13-11-30)17-28-26(31)20-16-22(29-21-9-7-6-8-19(20)21)18-14-23(32-3)25(34-5)24(15-18)33-4/h6-9,14-16H,10-13,17H2,1-5H3,(H,28,31). The maximum absolute atomic E-state index is 13.5. The number of methoxy groups -OCH3 is 3. The van der Waals surface area contributed by atoms with E-state index in [1.807, 2.05) is 42.5 Å². The number of para-hydroxylation sites is 1. The number of nitrogens with one attached hydrogen (secondary N) is 1. The molecule has 8 heteroatoms. The van der Waals surface area contributed by atoms with Crippen LogP contribution in [-0.2, 0) is 4.74 Å². The fourth-order valence-electron chi connectivity index (χ4n) is 4.41. The molecule has 0 atom stereocenters. The van der Waals surface area contributed by atoms with E-state index >= 15 is 0 Å². The quantitative estimate of drug-likeness (QED) is 0.527. The average molecular weight is 480 g/mol. The third kappa shape index (κ3) is 5.18. The Morgan fingerprint density at radius 2 is 1.69 bits per heavy atom. The molecular weight excluding hydrogens is 446 g/mol. The van der Waals surface area contributed by atoms with Gasteiger partial charge in [0.25, 0.3) is 5.91 Å². The number of carbonyl (C=O) groups is 1. The highest BCUT2D eigenvalue weighted by molar-refractivity contribution is 6.07. The van der Waals surface area contributed by atoms with Crippen LogP contribution < -0.4 is 19.5 Å². The number of pyridine rings is 1. The van der Waals surface area contributed by atoms with Crippen molar-refractivity contribution in [2.24, 2.45) is 0 Å². The first kappa shape index (κ1) is 24.8. The Balaban J connectivity index is 1.70. The summed E-state index contributed by atoms with van der Waals surface area (Å²) in [6.45, 7) is 7.94. The van der Waals surface area contributed by atoms with Crippen molar-refractivity contribution in [3.8, 4) is 28.5 Å². The molecule has 4 rings (SSSR count). The summed E-state index contributed by atoms with van der Waals surface area (Å²) in [5.74, 6) is 1.41. The highest BCUT2D eigenvalue weighted by atomic mass is 16.5. The van der Waals surface area contributed by atoms with Gasteiger partial charge in [-0.05, 0) is 38.1 Å². The van der Waals surface area contributed by atoms with E-state index in [0.29, 0.717) is 48.3 Å². The van der Waals surface area contributed by atoms with Crippen LogP contribution in [0.4, 0.5) is 0 Å². The van der Waals surface area contributed by atoms with Crippen molar-refractivity contribution in [3.05, 3.63) is 48.0 Å². The molecule has 186 valence electrons. The lowest BCUT2D eigenvalue weighted by atomic mass is 10.0. The van der Waals surface area contributed by atoms with Gasteiger partial charge in [0, 0.05) is 36.1 Å². The third-order valence-electron chi connectivity index (χ3n) is 6.47. The van der Waals surface area contributed by atoms with E-state index in [-0.39, 0.29) is 11.4 Å². The Hall–Kier alpha value is -3.36. The number of carbonyl (C=O) groups excluding carboxylic acids is 1. The van der Waals surface area contributed by atoms with Gasteiger partial charge in [0.2, 0.25) is 5.75 Å². The zero-order valence-corrected chi connectivity index (χ0v) is 21.0. The summed E-state index contributed by atoms with van der Waals surface area (Å²) >= 11 is 0. The van der Waals surface area contributed by atoms with Crippen LogP contribution in [0, 0.1) is 0 Å². The summed E-state index contributed by atoms with van der Waals surface area (Å²) in [5, 5.41) is 3.95. The zero-order valence-electron chi connectivity index (χ0n) is 21.0. The Kier molecular flexibility index (Phi) is 7.42. The van der Waals surface area contributed by atoms with Crippen LogP contribution in [0.2, 0.25) is 0 Å². The number of fused-ring (bicyclic) bond motifs is 1. The van der Waals surface area contributed by atoms with E-state index < -0.39 is 0 Å². The van der Waals surface area contributed by atoms with Crippen LogP contribution in [-0.4, -0.2) is 75.5 Å². The molecule has 0 saturated carbocycles. The highest BCUT2D eigenvalue weighted by Gasteiger charge is 2.29. The summed E-state index contributed by atoms with van der Waals surface area (Å²) in [7, 11) is 4.71. The SMILES string of the molecule is COc1cc(-c2cc(C(=O)NCC(C)(C)N3CCOCC3)c3ccccc3n2)cc(OC)c1OC. The molecule has 0 spiro atoms. The van der Waals surface area contributed by atoms with Crippen molar-refractivity contribution >= 4 is 16.8 Å². The van der Waals surface area contributed by atoms with Gasteiger partial charge < -0.3 is 24.3 Å². The fourth-order valence-corrected chi connectivity index (χ4v) is 4.41. The fraction of sp³-hybridized carbons (Fsp3) is 0.407. The van der Waals surface area contributed by atoms with E-state index in [9.17, 15) is 4.79 Å². The summed E-state index contributed by atoms with van der Waals surface area (Å²) < 4.78 is 22.0. The zero-order chi connectivity index (χ0) is 25.0. The number of benzene rings is 2. The molecule has 1 N–H and O–H groups in total. The molecule has 1 amide bonds. The molecule has 1 fully saturated rings. The number of hydrogen-bond acceptors (Lipinski definition) is 7. The van der Waals surface area contributed by atoms with E-state index in [1.165, 1.54) is 0 Å². The van der Waals surface area contributed by atoms with Crippen molar-refractivity contribution in [3.63, 3.8) is 0 Å². The Bertz CT molecular complexity index is 1180. The molecule has 2 heterocycles. The summed E-state index contributed by atoms with van der Waals surface area (Å²) in [6.07, 6.45) is 0. The van der Waals surface area contributed by atoms with Crippen molar-refractivity contribution in [2.75, 3.05) is 54.2 Å². The second-order valence-corrected chi connectivity index (χ2v) is 9.08. The molecule has 35 heavy (non-hydrogen) atoms. The Morgan fingerprint density at radius 3 is 2.31 bits per heavy atom. The van der Waals surface area contributed by atoms with Crippen molar-refractivity contribution in [1.29, 1.82) is 0 Å². The number of nitrogens with zero attached hydrogens (tertiary/aromatic N) is 2. The van der Waals surface area contributed by atoms with Gasteiger partial charge in [0.05, 0.1) is 51.3 Å². The van der Waals surface area contributed by atoms with Crippen molar-refractivity contribution < 1.29 is 23.7 Å². The second-order valence-electron chi connectivity index (χ2n) is 9.08. The van der Waals surface area contributed by atoms with Crippen molar-refractivity contribution in [1.82, 2.24) is 15.2 Å². The lowest BCUT2D eigenvalue weighted by molar-refractivity contribution is -0.00922. The largest absolute Gasteiger partial charge is 0.493 e. The van der Waals surface area contributed by atoms with Gasteiger partial charge >= 0.3 is 0 Å². The molecule has 0 unspecified atom stereocenters. The number of amides is 1. The van der Waals surface area contributed by atoms with E-state index in [4.69, 9.17) is 23.9 Å². The maximum Gasteiger partial charge on any atom is 0.252 e. The van der Waals surface area contributed by atoms with Gasteiger partial charge in [0.15, 0.2) is 11.5 Å². The first-order valence-electron chi connectivity index (χ1n) is 11.7. The Morgan fingerprint density at radius 1 is 1.03 bits per heavy atom. The molecule has 1 saturated heterocycles. The number of rotatable bonds is 8. The van der Waals surface area contributed by atoms with Gasteiger partial charge in [-0.1, -0.05) is 18.2 Å². The highest BCUT2D eigenvalue weighted by Crippen LogP contribution is 2.41. The van der Waals surface area contributed by atoms with Gasteiger partial charge in [0.1, 0.15) is 0 Å². The summed E-state index contributed by atoms with van der Waals surface area (Å²) in [6, 6.07) is 13.1. The van der Waals surface area contributed by atoms with Crippen LogP contribution in [0.5, 0.6) is 17.2 Å². The van der Waals surface area contributed by atoms with Gasteiger partial charge in [-0.25, -0.2) is 4.98 Å². The van der Waals surface area contributed by atoms with Gasteiger partial charge in [-0.15, -0.1) is 0 Å². The number of aromatic nitrogens is 1. The maximum atomic E-state index is 13.5. The van der Waals surface area contributed by atoms with Crippen molar-refractivity contribution in [2.45, 2.75) is 19.4 Å². The second kappa shape index (κ2) is 10.5. The van der Waals surface area contributed by atoms with E-state index in [1.54, 1.807) is 21.3 Å².